The van der Waals surface area contributed by atoms with Crippen molar-refractivity contribution in [3.63, 3.8) is 0 Å². The van der Waals surface area contributed by atoms with E-state index in [9.17, 15) is 14.0 Å². The number of halogens is 1. The zero-order valence-electron chi connectivity index (χ0n) is 13.5. The van der Waals surface area contributed by atoms with E-state index in [1.165, 1.54) is 17.0 Å². The number of hydrogen-bond acceptors (Lipinski definition) is 2. The molecule has 2 N–H and O–H groups in total. The molecule has 6 heteroatoms. The first-order valence-corrected chi connectivity index (χ1v) is 7.88. The maximum Gasteiger partial charge on any atom is 0.317 e. The molecule has 23 heavy (non-hydrogen) atoms. The van der Waals surface area contributed by atoms with Gasteiger partial charge in [-0.1, -0.05) is 25.5 Å². The highest BCUT2D eigenvalue weighted by Crippen LogP contribution is 2.37. The summed E-state index contributed by atoms with van der Waals surface area (Å²) in [5, 5.41) is 11.9. The lowest BCUT2D eigenvalue weighted by molar-refractivity contribution is -0.141. The molecule has 1 fully saturated rings. The number of nitrogens with zero attached hydrogens (tertiary/aromatic N) is 1. The number of carbonyl (C=O) groups is 2. The van der Waals surface area contributed by atoms with E-state index in [1.54, 1.807) is 26.1 Å². The summed E-state index contributed by atoms with van der Waals surface area (Å²) in [6, 6.07) is 5.70. The van der Waals surface area contributed by atoms with Crippen LogP contribution in [0.2, 0.25) is 0 Å². The molecular formula is C17H23FN2O3. The molecule has 0 radical (unpaired) electrons. The number of amides is 2. The van der Waals surface area contributed by atoms with Crippen molar-refractivity contribution in [2.24, 2.45) is 11.8 Å². The Bertz CT molecular complexity index is 557. The van der Waals surface area contributed by atoms with Crippen LogP contribution in [-0.4, -0.2) is 35.6 Å². The Hall–Kier alpha value is -2.11. The van der Waals surface area contributed by atoms with E-state index in [0.717, 1.165) is 24.8 Å². The highest BCUT2D eigenvalue weighted by molar-refractivity contribution is 5.76. The molecule has 2 rings (SSSR count). The van der Waals surface area contributed by atoms with Crippen LogP contribution in [0.1, 0.15) is 37.8 Å². The van der Waals surface area contributed by atoms with Gasteiger partial charge >= 0.3 is 12.0 Å². The van der Waals surface area contributed by atoms with Crippen molar-refractivity contribution in [3.05, 3.63) is 35.6 Å². The number of nitrogens with one attached hydrogen (secondary N) is 1. The summed E-state index contributed by atoms with van der Waals surface area (Å²) in [6.45, 7) is 1.71. The summed E-state index contributed by atoms with van der Waals surface area (Å²) >= 11 is 0. The van der Waals surface area contributed by atoms with E-state index in [4.69, 9.17) is 5.11 Å². The Morgan fingerprint density at radius 1 is 1.35 bits per heavy atom. The standard InChI is InChI=1S/C17H23FN2O3/c1-11(16(21)22)10-20(2)17(23)19-15(12-4-3-5-12)13-6-8-14(18)9-7-13/h6-9,11-12,15H,3-5,10H2,1-2H3,(H,19,23)(H,21,22). The number of carboxylic acid groups (broad SMARTS) is 1. The van der Waals surface area contributed by atoms with Gasteiger partial charge in [-0.2, -0.15) is 0 Å². The molecule has 1 aromatic carbocycles. The minimum atomic E-state index is -0.932. The van der Waals surface area contributed by atoms with Gasteiger partial charge in [0.25, 0.3) is 0 Å². The summed E-state index contributed by atoms with van der Waals surface area (Å²) in [6.07, 6.45) is 3.18. The lowest BCUT2D eigenvalue weighted by atomic mass is 9.77. The molecule has 1 saturated carbocycles. The van der Waals surface area contributed by atoms with Crippen molar-refractivity contribution in [2.45, 2.75) is 32.2 Å². The van der Waals surface area contributed by atoms with Gasteiger partial charge in [0.2, 0.25) is 0 Å². The number of urea groups is 1. The number of benzene rings is 1. The normalized spacial score (nSPS) is 17.0. The fourth-order valence-electron chi connectivity index (χ4n) is 2.73. The highest BCUT2D eigenvalue weighted by Gasteiger charge is 2.30. The second-order valence-electron chi connectivity index (χ2n) is 6.29. The molecule has 0 aliphatic heterocycles. The Kier molecular flexibility index (Phi) is 5.58. The summed E-state index contributed by atoms with van der Waals surface area (Å²) < 4.78 is 13.1. The molecule has 2 amide bonds. The number of hydrogen-bond donors (Lipinski definition) is 2. The average Bonchev–Trinajstić information content (AvgIpc) is 2.45. The maximum atomic E-state index is 13.1. The number of carboxylic acids is 1. The molecule has 0 spiro atoms. The van der Waals surface area contributed by atoms with Crippen molar-refractivity contribution in [1.82, 2.24) is 10.2 Å². The van der Waals surface area contributed by atoms with Crippen LogP contribution in [-0.2, 0) is 4.79 Å². The summed E-state index contributed by atoms with van der Waals surface area (Å²) in [5.41, 5.74) is 0.879. The smallest absolute Gasteiger partial charge is 0.317 e. The third-order valence-corrected chi connectivity index (χ3v) is 4.45. The fourth-order valence-corrected chi connectivity index (χ4v) is 2.73. The summed E-state index contributed by atoms with van der Waals surface area (Å²) in [5.74, 6) is -1.52. The summed E-state index contributed by atoms with van der Waals surface area (Å²) in [4.78, 5) is 24.6. The third kappa shape index (κ3) is 4.43. The lowest BCUT2D eigenvalue weighted by Crippen LogP contribution is -2.44. The second-order valence-corrected chi connectivity index (χ2v) is 6.29. The molecule has 0 heterocycles. The fraction of sp³-hybridized carbons (Fsp3) is 0.529. The van der Waals surface area contributed by atoms with E-state index in [0.29, 0.717) is 5.92 Å². The van der Waals surface area contributed by atoms with E-state index in [1.807, 2.05) is 0 Å². The van der Waals surface area contributed by atoms with Gasteiger partial charge in [-0.25, -0.2) is 9.18 Å². The first-order chi connectivity index (χ1) is 10.9. The largest absolute Gasteiger partial charge is 0.481 e. The van der Waals surface area contributed by atoms with Crippen LogP contribution in [0.3, 0.4) is 0 Å². The average molecular weight is 322 g/mol. The van der Waals surface area contributed by atoms with Crippen LogP contribution in [0.4, 0.5) is 9.18 Å². The Morgan fingerprint density at radius 2 is 1.96 bits per heavy atom. The van der Waals surface area contributed by atoms with Crippen molar-refractivity contribution < 1.29 is 19.1 Å². The Balaban J connectivity index is 2.04. The molecule has 1 aliphatic rings. The predicted molar refractivity (Wildman–Crippen MR) is 84.4 cm³/mol. The Labute approximate surface area is 135 Å². The van der Waals surface area contributed by atoms with Gasteiger partial charge in [0, 0.05) is 13.6 Å². The van der Waals surface area contributed by atoms with Gasteiger partial charge in [-0.05, 0) is 36.5 Å². The van der Waals surface area contributed by atoms with Gasteiger partial charge in [-0.3, -0.25) is 4.79 Å². The van der Waals surface area contributed by atoms with Crippen LogP contribution in [0.25, 0.3) is 0 Å². The maximum absolute atomic E-state index is 13.1. The van der Waals surface area contributed by atoms with Gasteiger partial charge in [0.1, 0.15) is 5.82 Å². The van der Waals surface area contributed by atoms with Crippen LogP contribution in [0.15, 0.2) is 24.3 Å². The van der Waals surface area contributed by atoms with Crippen LogP contribution < -0.4 is 5.32 Å². The molecule has 2 unspecified atom stereocenters. The molecule has 2 atom stereocenters. The molecule has 5 nitrogen and oxygen atoms in total. The minimum absolute atomic E-state index is 0.141. The molecule has 0 bridgehead atoms. The van der Waals surface area contributed by atoms with Crippen molar-refractivity contribution in [2.75, 3.05) is 13.6 Å². The van der Waals surface area contributed by atoms with Gasteiger partial charge < -0.3 is 15.3 Å². The zero-order chi connectivity index (χ0) is 17.0. The zero-order valence-corrected chi connectivity index (χ0v) is 13.5. The monoisotopic (exact) mass is 322 g/mol. The highest BCUT2D eigenvalue weighted by atomic mass is 19.1. The molecular weight excluding hydrogens is 299 g/mol. The number of carbonyl (C=O) groups excluding carboxylic acids is 1. The SMILES string of the molecule is CC(CN(C)C(=O)NC(c1ccc(F)cc1)C1CCC1)C(=O)O. The molecule has 1 aromatic rings. The van der Waals surface area contributed by atoms with Gasteiger partial charge in [-0.15, -0.1) is 0 Å². The van der Waals surface area contributed by atoms with Crippen molar-refractivity contribution >= 4 is 12.0 Å². The van der Waals surface area contributed by atoms with Crippen LogP contribution >= 0.6 is 0 Å². The van der Waals surface area contributed by atoms with Gasteiger partial charge in [0.15, 0.2) is 0 Å². The van der Waals surface area contributed by atoms with E-state index < -0.39 is 11.9 Å². The summed E-state index contributed by atoms with van der Waals surface area (Å²) in [7, 11) is 1.58. The third-order valence-electron chi connectivity index (χ3n) is 4.45. The number of aliphatic carboxylic acids is 1. The van der Waals surface area contributed by atoms with E-state index in [2.05, 4.69) is 5.32 Å². The lowest BCUT2D eigenvalue weighted by Gasteiger charge is -2.35. The Morgan fingerprint density at radius 3 is 2.43 bits per heavy atom. The molecule has 0 aromatic heterocycles. The minimum Gasteiger partial charge on any atom is -0.481 e. The van der Waals surface area contributed by atoms with Crippen LogP contribution in [0.5, 0.6) is 0 Å². The van der Waals surface area contributed by atoms with Crippen LogP contribution in [0, 0.1) is 17.7 Å². The van der Waals surface area contributed by atoms with Crippen molar-refractivity contribution in [3.8, 4) is 0 Å². The molecule has 1 aliphatic carbocycles. The molecule has 126 valence electrons. The van der Waals surface area contributed by atoms with Gasteiger partial charge in [0.05, 0.1) is 12.0 Å². The van der Waals surface area contributed by atoms with E-state index in [-0.39, 0.29) is 24.4 Å². The quantitative estimate of drug-likeness (QED) is 0.846. The first-order valence-electron chi connectivity index (χ1n) is 7.88. The number of rotatable bonds is 6. The molecule has 0 saturated heterocycles. The topological polar surface area (TPSA) is 69.6 Å². The van der Waals surface area contributed by atoms with Crippen molar-refractivity contribution in [1.29, 1.82) is 0 Å². The predicted octanol–water partition coefficient (Wildman–Crippen LogP) is 3.03. The second kappa shape index (κ2) is 7.44. The van der Waals surface area contributed by atoms with E-state index >= 15 is 0 Å². The first kappa shape index (κ1) is 17.2.